The first-order valence-electron chi connectivity index (χ1n) is 9.58. The van der Waals surface area contributed by atoms with Crippen LogP contribution in [0.3, 0.4) is 0 Å². The van der Waals surface area contributed by atoms with Crippen LogP contribution in [0.2, 0.25) is 0 Å². The predicted molar refractivity (Wildman–Crippen MR) is 95.7 cm³/mol. The molecule has 0 aliphatic heterocycles. The van der Waals surface area contributed by atoms with Crippen molar-refractivity contribution in [2.75, 3.05) is 0 Å². The number of carbonyl (C=O) groups is 2. The molecular formula is C19H35CaO5-. The van der Waals surface area contributed by atoms with Gasteiger partial charge in [0.15, 0.2) is 0 Å². The summed E-state index contributed by atoms with van der Waals surface area (Å²) < 4.78 is 0. The molecule has 5 nitrogen and oxygen atoms in total. The number of carboxylic acid groups (broad SMARTS) is 3. The Morgan fingerprint density at radius 2 is 0.800 bits per heavy atom. The fourth-order valence-corrected chi connectivity index (χ4v) is 2.64. The molecule has 0 heterocycles. The van der Waals surface area contributed by atoms with Gasteiger partial charge in [0.1, 0.15) is 0 Å². The second kappa shape index (κ2) is 26.2. The number of unbranched alkanes of at least 4 members (excludes halogenated alkanes) is 14. The van der Waals surface area contributed by atoms with Crippen LogP contribution in [-0.2, 0) is 4.79 Å². The zero-order valence-corrected chi connectivity index (χ0v) is 18.3. The number of aliphatic carboxylic acids is 1. The van der Waals surface area contributed by atoms with E-state index in [2.05, 4.69) is 6.92 Å². The predicted octanol–water partition coefficient (Wildman–Crippen LogP) is 2.17. The second-order valence-electron chi connectivity index (χ2n) is 6.32. The molecule has 0 aromatic carbocycles. The van der Waals surface area contributed by atoms with Crippen LogP contribution in [0.15, 0.2) is 0 Å². The summed E-state index contributed by atoms with van der Waals surface area (Å²) in [6.07, 6.45) is 17.5. The van der Waals surface area contributed by atoms with Crippen molar-refractivity contribution in [3.8, 4) is 0 Å². The Morgan fingerprint density at radius 3 is 1.04 bits per heavy atom. The molecule has 0 saturated carbocycles. The van der Waals surface area contributed by atoms with Crippen molar-refractivity contribution < 1.29 is 24.9 Å². The van der Waals surface area contributed by atoms with Gasteiger partial charge in [0.2, 0.25) is 0 Å². The molecule has 0 amide bonds. The molecule has 0 bridgehead atoms. The molecule has 0 atom stereocenters. The molecule has 0 saturated heterocycles. The summed E-state index contributed by atoms with van der Waals surface area (Å²) in [4.78, 5) is 18.6. The van der Waals surface area contributed by atoms with Gasteiger partial charge in [-0.3, -0.25) is 0 Å². The van der Waals surface area contributed by atoms with Gasteiger partial charge in [-0.25, -0.2) is 0 Å². The molecule has 6 heteroatoms. The summed E-state index contributed by atoms with van der Waals surface area (Å²) in [5, 5.41) is 26.9. The summed E-state index contributed by atoms with van der Waals surface area (Å²) in [6.45, 7) is 2.27. The quantitative estimate of drug-likeness (QED) is 0.300. The first-order valence-corrected chi connectivity index (χ1v) is 9.58. The van der Waals surface area contributed by atoms with Crippen molar-refractivity contribution >= 4 is 49.9 Å². The maximum atomic E-state index is 10.2. The number of carboxylic acids is 1. The Balaban J connectivity index is -0.000000867. The van der Waals surface area contributed by atoms with Gasteiger partial charge in [-0.2, -0.15) is 0 Å². The largest absolute Gasteiger partial charge is 2.00 e. The molecule has 0 fully saturated rings. The van der Waals surface area contributed by atoms with Crippen LogP contribution >= 0.6 is 0 Å². The average molecular weight is 384 g/mol. The summed E-state index contributed by atoms with van der Waals surface area (Å²) in [5.41, 5.74) is 0. The molecule has 0 aromatic rings. The minimum absolute atomic E-state index is 0. The topological polar surface area (TPSA) is 103 Å². The van der Waals surface area contributed by atoms with Gasteiger partial charge in [-0.15, -0.1) is 0 Å². The normalized spacial score (nSPS) is 9.64. The summed E-state index contributed by atoms with van der Waals surface area (Å²) >= 11 is 0. The van der Waals surface area contributed by atoms with Gasteiger partial charge in [0, 0.05) is 5.97 Å². The second-order valence-corrected chi connectivity index (χ2v) is 6.32. The van der Waals surface area contributed by atoms with Gasteiger partial charge in [-0.05, 0) is 19.0 Å². The fourth-order valence-electron chi connectivity index (χ4n) is 2.64. The van der Waals surface area contributed by atoms with Gasteiger partial charge in [-0.1, -0.05) is 96.8 Å². The molecule has 0 rings (SSSR count). The van der Waals surface area contributed by atoms with Crippen molar-refractivity contribution in [3.63, 3.8) is 0 Å². The Morgan fingerprint density at radius 1 is 0.560 bits per heavy atom. The van der Waals surface area contributed by atoms with Crippen molar-refractivity contribution in [1.29, 1.82) is 0 Å². The van der Waals surface area contributed by atoms with Crippen LogP contribution in [-0.4, -0.2) is 49.9 Å². The minimum atomic E-state index is -2.33. The molecule has 0 aliphatic rings. The minimum Gasteiger partial charge on any atom is -0.652 e. The van der Waals surface area contributed by atoms with E-state index in [0.717, 1.165) is 12.8 Å². The van der Waals surface area contributed by atoms with E-state index in [1.807, 2.05) is 0 Å². The zero-order chi connectivity index (χ0) is 18.5. The van der Waals surface area contributed by atoms with E-state index in [4.69, 9.17) is 15.0 Å². The van der Waals surface area contributed by atoms with Crippen molar-refractivity contribution in [2.24, 2.45) is 0 Å². The van der Waals surface area contributed by atoms with E-state index in [9.17, 15) is 9.90 Å². The molecular weight excluding hydrogens is 348 g/mol. The van der Waals surface area contributed by atoms with Crippen molar-refractivity contribution in [2.45, 2.75) is 110 Å². The Kier molecular flexibility index (Phi) is 31.2. The van der Waals surface area contributed by atoms with E-state index in [-0.39, 0.29) is 44.2 Å². The van der Waals surface area contributed by atoms with E-state index < -0.39 is 12.1 Å². The third-order valence-corrected chi connectivity index (χ3v) is 3.98. The third-order valence-electron chi connectivity index (χ3n) is 3.98. The van der Waals surface area contributed by atoms with Gasteiger partial charge in [0.05, 0.1) is 0 Å². The van der Waals surface area contributed by atoms with Crippen molar-refractivity contribution in [3.05, 3.63) is 0 Å². The number of carbonyl (C=O) groups excluding carboxylic acids is 2. The third kappa shape index (κ3) is 40.2. The van der Waals surface area contributed by atoms with Crippen LogP contribution in [0.1, 0.15) is 110 Å². The molecule has 144 valence electrons. The monoisotopic (exact) mass is 383 g/mol. The number of hydrogen-bond acceptors (Lipinski definition) is 5. The van der Waals surface area contributed by atoms with E-state index in [1.165, 1.54) is 83.5 Å². The summed E-state index contributed by atoms with van der Waals surface area (Å²) in [7, 11) is 0. The standard InChI is InChI=1S/C18H36O2.CH2O3.Ca/c1-2-3-4-5-6-7-8-9-10-11-12-13-14-15-16-17-18(19)20;2-1(3)4;/h2-17H2,1H3,(H,19,20);(H2,2,3,4);/q;;+2/p-3. The van der Waals surface area contributed by atoms with Gasteiger partial charge >= 0.3 is 37.7 Å². The first kappa shape index (κ1) is 29.8. The van der Waals surface area contributed by atoms with Crippen LogP contribution in [0.25, 0.3) is 0 Å². The van der Waals surface area contributed by atoms with E-state index >= 15 is 0 Å². The summed E-state index contributed by atoms with van der Waals surface area (Å²) in [5.74, 6) is -0.903. The molecule has 0 unspecified atom stereocenters. The average Bonchev–Trinajstić information content (AvgIpc) is 2.50. The Bertz CT molecular complexity index is 281. The first-order chi connectivity index (χ1) is 11.5. The van der Waals surface area contributed by atoms with Crippen LogP contribution in [0.4, 0.5) is 4.79 Å². The molecule has 0 aliphatic carbocycles. The van der Waals surface area contributed by atoms with Crippen molar-refractivity contribution in [1.82, 2.24) is 0 Å². The number of rotatable bonds is 16. The van der Waals surface area contributed by atoms with Gasteiger partial charge in [0.25, 0.3) is 0 Å². The number of hydrogen-bond donors (Lipinski definition) is 0. The van der Waals surface area contributed by atoms with Gasteiger partial charge < -0.3 is 24.9 Å². The molecule has 25 heavy (non-hydrogen) atoms. The smallest absolute Gasteiger partial charge is 0.652 e. The Hall–Kier alpha value is -0.000260. The molecule has 0 N–H and O–H groups in total. The Labute approximate surface area is 183 Å². The zero-order valence-electron chi connectivity index (χ0n) is 16.1. The maximum absolute atomic E-state index is 10.2. The van der Waals surface area contributed by atoms with E-state index in [0.29, 0.717) is 0 Å². The molecule has 0 radical (unpaired) electrons. The molecule has 0 spiro atoms. The van der Waals surface area contributed by atoms with Crippen LogP contribution < -0.4 is 15.3 Å². The molecule has 0 aromatic heterocycles. The summed E-state index contributed by atoms with van der Waals surface area (Å²) in [6, 6.07) is 0. The van der Waals surface area contributed by atoms with E-state index in [1.54, 1.807) is 0 Å². The van der Waals surface area contributed by atoms with Crippen LogP contribution in [0.5, 0.6) is 0 Å². The maximum Gasteiger partial charge on any atom is 2.00 e. The SMILES string of the molecule is CCCCCCCCCCCCCCCCCC(=O)[O-].O=C([O-])[O-].[Ca+2]. The van der Waals surface area contributed by atoms with Crippen LogP contribution in [0, 0.1) is 0 Å². The fraction of sp³-hybridized carbons (Fsp3) is 0.895.